The van der Waals surface area contributed by atoms with Gasteiger partial charge in [-0.1, -0.05) is 25.5 Å². The van der Waals surface area contributed by atoms with Gasteiger partial charge in [0.25, 0.3) is 0 Å². The number of pyridine rings is 1. The maximum atomic E-state index is 14.8. The van der Waals surface area contributed by atoms with Crippen LogP contribution in [-0.4, -0.2) is 42.7 Å². The number of likely N-dealkylation sites (tertiary alicyclic amines) is 1. The molecule has 3 heterocycles. The van der Waals surface area contributed by atoms with Gasteiger partial charge in [0.05, 0.1) is 18.9 Å². The number of hydrogen-bond donors (Lipinski definition) is 2. The lowest BCUT2D eigenvalue weighted by molar-refractivity contribution is -0.191. The first kappa shape index (κ1) is 20.1. The van der Waals surface area contributed by atoms with Crippen molar-refractivity contribution >= 4 is 11.5 Å². The van der Waals surface area contributed by atoms with Gasteiger partial charge in [-0.3, -0.25) is 4.90 Å². The fraction of sp³-hybridized carbons (Fsp3) is 0.522. The number of hydrogen-bond acceptors (Lipinski definition) is 5. The van der Waals surface area contributed by atoms with Crippen LogP contribution in [0.1, 0.15) is 42.1 Å². The van der Waals surface area contributed by atoms with E-state index in [4.69, 9.17) is 10.5 Å². The van der Waals surface area contributed by atoms with Gasteiger partial charge in [-0.15, -0.1) is 0 Å². The molecule has 0 atom stereocenters. The predicted molar refractivity (Wildman–Crippen MR) is 115 cm³/mol. The minimum absolute atomic E-state index is 0.151. The molecule has 1 spiro atoms. The third-order valence-corrected chi connectivity index (χ3v) is 6.03. The standard InChI is InChI=1S/C23H31FN4O/c1-3-4-7-26-21-10-19(16(2)27-22(21)25)9-18-6-5-17(8-20(18)24)11-28-12-23(13-28)14-29-15-23/h5-6,8,10,26H,3-4,7,9,11-15H2,1-2H3,(H2,25,27). The average Bonchev–Trinajstić information content (AvgIpc) is 2.62. The van der Waals surface area contributed by atoms with Crippen molar-refractivity contribution in [1.82, 2.24) is 9.88 Å². The van der Waals surface area contributed by atoms with Gasteiger partial charge in [0.2, 0.25) is 0 Å². The van der Waals surface area contributed by atoms with Gasteiger partial charge in [0.1, 0.15) is 11.6 Å². The third kappa shape index (κ3) is 4.38. The van der Waals surface area contributed by atoms with Crippen LogP contribution in [0.2, 0.25) is 0 Å². The van der Waals surface area contributed by atoms with E-state index < -0.39 is 0 Å². The number of nitrogens with one attached hydrogen (secondary N) is 1. The van der Waals surface area contributed by atoms with Crippen molar-refractivity contribution in [2.75, 3.05) is 43.9 Å². The van der Waals surface area contributed by atoms with E-state index >= 15 is 0 Å². The number of aryl methyl sites for hydroxylation is 1. The van der Waals surface area contributed by atoms with Crippen LogP contribution in [0.5, 0.6) is 0 Å². The molecule has 2 fully saturated rings. The summed E-state index contributed by atoms with van der Waals surface area (Å²) in [6.07, 6.45) is 2.70. The van der Waals surface area contributed by atoms with Crippen LogP contribution >= 0.6 is 0 Å². The van der Waals surface area contributed by atoms with Gasteiger partial charge >= 0.3 is 0 Å². The average molecular weight is 399 g/mol. The van der Waals surface area contributed by atoms with Gasteiger partial charge in [-0.2, -0.15) is 0 Å². The third-order valence-electron chi connectivity index (χ3n) is 6.03. The molecule has 5 nitrogen and oxygen atoms in total. The highest BCUT2D eigenvalue weighted by Gasteiger charge is 2.48. The van der Waals surface area contributed by atoms with Crippen LogP contribution in [-0.2, 0) is 17.7 Å². The molecule has 4 rings (SSSR count). The summed E-state index contributed by atoms with van der Waals surface area (Å²) in [5, 5.41) is 3.35. The second kappa shape index (κ2) is 8.28. The lowest BCUT2D eigenvalue weighted by Gasteiger charge is -2.55. The zero-order valence-corrected chi connectivity index (χ0v) is 17.4. The summed E-state index contributed by atoms with van der Waals surface area (Å²) in [6.45, 7) is 9.60. The first-order chi connectivity index (χ1) is 14.0. The molecule has 0 radical (unpaired) electrons. The Hall–Kier alpha value is -2.18. The maximum Gasteiger partial charge on any atom is 0.147 e. The first-order valence-corrected chi connectivity index (χ1v) is 10.6. The van der Waals surface area contributed by atoms with Crippen molar-refractivity contribution in [1.29, 1.82) is 0 Å². The number of unbranched alkanes of at least 4 members (excludes halogenated alkanes) is 1. The minimum atomic E-state index is -0.151. The Morgan fingerprint density at radius 1 is 1.24 bits per heavy atom. The smallest absolute Gasteiger partial charge is 0.147 e. The number of rotatable bonds is 8. The van der Waals surface area contributed by atoms with Crippen molar-refractivity contribution in [3.8, 4) is 0 Å². The molecular formula is C23H31FN4O. The van der Waals surface area contributed by atoms with Crippen LogP contribution in [0, 0.1) is 18.2 Å². The van der Waals surface area contributed by atoms with E-state index in [-0.39, 0.29) is 5.82 Å². The number of nitrogens with zero attached hydrogens (tertiary/aromatic N) is 2. The largest absolute Gasteiger partial charge is 0.382 e. The summed E-state index contributed by atoms with van der Waals surface area (Å²) in [7, 11) is 0. The van der Waals surface area contributed by atoms with E-state index in [2.05, 4.69) is 22.1 Å². The van der Waals surface area contributed by atoms with Crippen LogP contribution in [0.4, 0.5) is 15.9 Å². The molecule has 1 aromatic heterocycles. The number of halogens is 1. The summed E-state index contributed by atoms with van der Waals surface area (Å²) in [4.78, 5) is 6.82. The molecule has 6 heteroatoms. The highest BCUT2D eigenvalue weighted by Crippen LogP contribution is 2.38. The monoisotopic (exact) mass is 398 g/mol. The second-order valence-electron chi connectivity index (χ2n) is 8.69. The molecule has 0 unspecified atom stereocenters. The number of benzene rings is 1. The summed E-state index contributed by atoms with van der Waals surface area (Å²) >= 11 is 0. The normalized spacial score (nSPS) is 17.8. The number of aromatic nitrogens is 1. The van der Waals surface area contributed by atoms with Crippen LogP contribution in [0.3, 0.4) is 0 Å². The van der Waals surface area contributed by atoms with Crippen molar-refractivity contribution in [3.05, 3.63) is 52.5 Å². The van der Waals surface area contributed by atoms with Crippen molar-refractivity contribution in [2.45, 2.75) is 39.7 Å². The van der Waals surface area contributed by atoms with Gasteiger partial charge in [0, 0.05) is 43.7 Å². The van der Waals surface area contributed by atoms with E-state index in [1.54, 1.807) is 6.07 Å². The van der Waals surface area contributed by atoms with Crippen LogP contribution < -0.4 is 11.1 Å². The molecule has 0 saturated carbocycles. The summed E-state index contributed by atoms with van der Waals surface area (Å²) < 4.78 is 20.1. The predicted octanol–water partition coefficient (Wildman–Crippen LogP) is 3.75. The Kier molecular flexibility index (Phi) is 5.74. The van der Waals surface area contributed by atoms with Gasteiger partial charge in [-0.25, -0.2) is 9.37 Å². The zero-order chi connectivity index (χ0) is 20.4. The lowest BCUT2D eigenvalue weighted by Crippen LogP contribution is -2.65. The fourth-order valence-electron chi connectivity index (χ4n) is 4.27. The maximum absolute atomic E-state index is 14.8. The van der Waals surface area contributed by atoms with Gasteiger partial charge < -0.3 is 15.8 Å². The molecule has 156 valence electrons. The lowest BCUT2D eigenvalue weighted by atomic mass is 9.78. The minimum Gasteiger partial charge on any atom is -0.382 e. The highest BCUT2D eigenvalue weighted by molar-refractivity contribution is 5.63. The topological polar surface area (TPSA) is 63.4 Å². The van der Waals surface area contributed by atoms with Gasteiger partial charge in [-0.05, 0) is 42.2 Å². The van der Waals surface area contributed by atoms with Crippen molar-refractivity contribution in [3.63, 3.8) is 0 Å². The highest BCUT2D eigenvalue weighted by atomic mass is 19.1. The summed E-state index contributed by atoms with van der Waals surface area (Å²) in [5.74, 6) is 0.351. The SMILES string of the molecule is CCCCNc1cc(Cc2ccc(CN3CC4(COC4)C3)cc2F)c(C)nc1N. The molecule has 0 amide bonds. The van der Waals surface area contributed by atoms with Crippen molar-refractivity contribution < 1.29 is 9.13 Å². The Balaban J connectivity index is 1.41. The van der Waals surface area contributed by atoms with Crippen LogP contribution in [0.25, 0.3) is 0 Å². The van der Waals surface area contributed by atoms with Crippen molar-refractivity contribution in [2.24, 2.45) is 5.41 Å². The molecule has 2 aromatic rings. The Morgan fingerprint density at radius 2 is 2.03 bits per heavy atom. The second-order valence-corrected chi connectivity index (χ2v) is 8.69. The Morgan fingerprint density at radius 3 is 2.69 bits per heavy atom. The molecule has 1 aromatic carbocycles. The molecule has 0 aliphatic carbocycles. The van der Waals surface area contributed by atoms with E-state index in [0.29, 0.717) is 23.2 Å². The molecule has 2 aliphatic rings. The molecule has 29 heavy (non-hydrogen) atoms. The van der Waals surface area contributed by atoms with E-state index in [9.17, 15) is 4.39 Å². The molecular weight excluding hydrogens is 367 g/mol. The van der Waals surface area contributed by atoms with E-state index in [1.807, 2.05) is 25.1 Å². The zero-order valence-electron chi connectivity index (χ0n) is 17.4. The number of nitrogens with two attached hydrogens (primary N) is 1. The first-order valence-electron chi connectivity index (χ1n) is 10.6. The van der Waals surface area contributed by atoms with E-state index in [0.717, 1.165) is 74.7 Å². The summed E-state index contributed by atoms with van der Waals surface area (Å²) in [6, 6.07) is 7.65. The molecule has 2 saturated heterocycles. The van der Waals surface area contributed by atoms with Crippen LogP contribution in [0.15, 0.2) is 24.3 Å². The molecule has 3 N–H and O–H groups in total. The van der Waals surface area contributed by atoms with E-state index in [1.165, 1.54) is 0 Å². The number of nitrogen functional groups attached to an aromatic ring is 1. The summed E-state index contributed by atoms with van der Waals surface area (Å²) in [5.41, 5.74) is 10.8. The fourth-order valence-corrected chi connectivity index (χ4v) is 4.27. The Labute approximate surface area is 172 Å². The number of ether oxygens (including phenoxy) is 1. The Bertz CT molecular complexity index is 873. The molecule has 2 aliphatic heterocycles. The van der Waals surface area contributed by atoms with Gasteiger partial charge in [0.15, 0.2) is 0 Å². The number of anilines is 2. The molecule has 0 bridgehead atoms. The quantitative estimate of drug-likeness (QED) is 0.663.